The second-order valence-corrected chi connectivity index (χ2v) is 9.57. The van der Waals surface area contributed by atoms with E-state index in [-0.39, 0.29) is 5.91 Å². The van der Waals surface area contributed by atoms with Crippen molar-refractivity contribution in [1.29, 1.82) is 0 Å². The third-order valence-corrected chi connectivity index (χ3v) is 6.63. The molecule has 0 aliphatic carbocycles. The Morgan fingerprint density at radius 1 is 0.895 bits per heavy atom. The summed E-state index contributed by atoms with van der Waals surface area (Å²) in [5.74, 6) is -0.434. The van der Waals surface area contributed by atoms with Gasteiger partial charge in [0.2, 0.25) is 0 Å². The molecule has 1 amide bonds. The highest BCUT2D eigenvalue weighted by Crippen LogP contribution is 2.36. The Kier molecular flexibility index (Phi) is 7.42. The Morgan fingerprint density at radius 3 is 2.18 bits per heavy atom. The van der Waals surface area contributed by atoms with Crippen LogP contribution in [0.4, 0.5) is 0 Å². The fraction of sp³-hybridized carbons (Fsp3) is 0.0667. The number of carbonyl (C=O) groups is 2. The number of nitrogens with one attached hydrogen (secondary N) is 2. The van der Waals surface area contributed by atoms with Gasteiger partial charge in [-0.1, -0.05) is 82.7 Å². The molecule has 0 atom stereocenters. The number of carbonyl (C=O) groups excluding carboxylic acids is 2. The highest BCUT2D eigenvalue weighted by molar-refractivity contribution is 9.10. The predicted molar refractivity (Wildman–Crippen MR) is 150 cm³/mol. The van der Waals surface area contributed by atoms with E-state index in [0.717, 1.165) is 21.2 Å². The molecule has 0 bridgehead atoms. The van der Waals surface area contributed by atoms with Gasteiger partial charge in [-0.2, -0.15) is 10.2 Å². The highest BCUT2D eigenvalue weighted by atomic mass is 79.9. The molecule has 8 heteroatoms. The molecule has 188 valence electrons. The van der Waals surface area contributed by atoms with Crippen molar-refractivity contribution in [1.82, 2.24) is 10.9 Å². The fourth-order valence-electron chi connectivity index (χ4n) is 4.20. The van der Waals surface area contributed by atoms with Crippen molar-refractivity contribution in [3.8, 4) is 5.75 Å². The van der Waals surface area contributed by atoms with Gasteiger partial charge >= 0.3 is 5.97 Å². The number of ether oxygens (including phenoxy) is 1. The Labute approximate surface area is 228 Å². The minimum Gasteiger partial charge on any atom is -0.423 e. The molecular weight excluding hydrogens is 544 g/mol. The van der Waals surface area contributed by atoms with Gasteiger partial charge < -0.3 is 4.74 Å². The molecule has 38 heavy (non-hydrogen) atoms. The minimum absolute atomic E-state index is 0.352. The van der Waals surface area contributed by atoms with E-state index in [9.17, 15) is 9.59 Å². The molecular formula is C30H23BrN4O3. The van der Waals surface area contributed by atoms with Crippen LogP contribution < -0.4 is 15.6 Å². The number of nitrogens with zero attached hydrogens (tertiary/aromatic N) is 2. The van der Waals surface area contributed by atoms with Crippen molar-refractivity contribution in [3.05, 3.63) is 136 Å². The second kappa shape index (κ2) is 11.2. The molecule has 0 saturated heterocycles. The Balaban J connectivity index is 1.21. The van der Waals surface area contributed by atoms with Crippen LogP contribution in [0.3, 0.4) is 0 Å². The largest absolute Gasteiger partial charge is 0.423 e. The summed E-state index contributed by atoms with van der Waals surface area (Å²) < 4.78 is 6.21. The van der Waals surface area contributed by atoms with Crippen LogP contribution in [0.2, 0.25) is 0 Å². The summed E-state index contributed by atoms with van der Waals surface area (Å²) in [5, 5.41) is 8.45. The number of amides is 1. The molecule has 4 aromatic carbocycles. The summed E-state index contributed by atoms with van der Waals surface area (Å²) in [4.78, 5) is 25.2. The minimum atomic E-state index is -0.637. The number of hydrazone groups is 2. The van der Waals surface area contributed by atoms with Crippen molar-refractivity contribution in [3.63, 3.8) is 0 Å². The molecule has 0 aromatic heterocycles. The van der Waals surface area contributed by atoms with Gasteiger partial charge in [-0.25, -0.2) is 10.2 Å². The van der Waals surface area contributed by atoms with Crippen molar-refractivity contribution < 1.29 is 14.3 Å². The molecule has 0 radical (unpaired) electrons. The summed E-state index contributed by atoms with van der Waals surface area (Å²) in [6.07, 6.45) is 1.89. The van der Waals surface area contributed by atoms with Gasteiger partial charge in [0.15, 0.2) is 0 Å². The molecule has 0 spiro atoms. The normalized spacial score (nSPS) is 14.0. The van der Waals surface area contributed by atoms with Crippen molar-refractivity contribution >= 4 is 39.7 Å². The molecule has 1 heterocycles. The standard InChI is InChI=1S/C30H23BrN4O3/c31-25-13-7-8-22(18-25)29(37)38-26-16-14-21(15-17-26)20-32-34-28(36)27-19-30(35-33-27,23-9-3-1-4-10-23)24-11-5-2-6-12-24/h1-18,20,35H,19H2,(H,34,36)/b32-20+. The summed E-state index contributed by atoms with van der Waals surface area (Å²) in [7, 11) is 0. The van der Waals surface area contributed by atoms with E-state index < -0.39 is 11.5 Å². The monoisotopic (exact) mass is 566 g/mol. The van der Waals surface area contributed by atoms with Crippen molar-refractivity contribution in [2.45, 2.75) is 12.0 Å². The lowest BCUT2D eigenvalue weighted by Crippen LogP contribution is -2.38. The Bertz CT molecular complexity index is 1460. The smallest absolute Gasteiger partial charge is 0.343 e. The zero-order valence-corrected chi connectivity index (χ0v) is 21.8. The molecule has 5 rings (SSSR count). The van der Waals surface area contributed by atoms with Gasteiger partial charge in [-0.05, 0) is 59.2 Å². The van der Waals surface area contributed by atoms with Gasteiger partial charge in [0.1, 0.15) is 17.0 Å². The van der Waals surface area contributed by atoms with E-state index >= 15 is 0 Å². The quantitative estimate of drug-likeness (QED) is 0.135. The average molecular weight is 567 g/mol. The third kappa shape index (κ3) is 5.55. The highest BCUT2D eigenvalue weighted by Gasteiger charge is 2.41. The molecule has 0 saturated carbocycles. The first kappa shape index (κ1) is 25.1. The van der Waals surface area contributed by atoms with Crippen molar-refractivity contribution in [2.75, 3.05) is 0 Å². The zero-order chi connectivity index (χ0) is 26.4. The second-order valence-electron chi connectivity index (χ2n) is 8.65. The topological polar surface area (TPSA) is 92.1 Å². The van der Waals surface area contributed by atoms with Gasteiger partial charge in [0.25, 0.3) is 5.91 Å². The number of hydrogen-bond acceptors (Lipinski definition) is 6. The van der Waals surface area contributed by atoms with E-state index in [1.54, 1.807) is 42.5 Å². The number of benzene rings is 4. The summed E-state index contributed by atoms with van der Waals surface area (Å²) in [5.41, 5.74) is 8.68. The van der Waals surface area contributed by atoms with Crippen LogP contribution in [0.25, 0.3) is 0 Å². The molecule has 1 aliphatic heterocycles. The molecule has 0 fully saturated rings. The third-order valence-electron chi connectivity index (χ3n) is 6.14. The van der Waals surface area contributed by atoms with Crippen LogP contribution in [0.1, 0.15) is 33.5 Å². The maximum atomic E-state index is 12.9. The van der Waals surface area contributed by atoms with E-state index in [1.807, 2.05) is 66.7 Å². The number of halogens is 1. The lowest BCUT2D eigenvalue weighted by atomic mass is 9.80. The van der Waals surface area contributed by atoms with Crippen LogP contribution in [0.15, 0.2) is 124 Å². The van der Waals surface area contributed by atoms with Crippen LogP contribution in [-0.2, 0) is 10.3 Å². The van der Waals surface area contributed by atoms with Gasteiger partial charge in [-0.3, -0.25) is 10.2 Å². The number of rotatable bonds is 7. The maximum Gasteiger partial charge on any atom is 0.343 e. The average Bonchev–Trinajstić information content (AvgIpc) is 3.42. The number of esters is 1. The van der Waals surface area contributed by atoms with Crippen LogP contribution in [0.5, 0.6) is 5.75 Å². The summed E-state index contributed by atoms with van der Waals surface area (Å²) >= 11 is 3.34. The molecule has 2 N–H and O–H groups in total. The predicted octanol–water partition coefficient (Wildman–Crippen LogP) is 5.41. The molecule has 1 aliphatic rings. The van der Waals surface area contributed by atoms with Gasteiger partial charge in [-0.15, -0.1) is 0 Å². The molecule has 0 unspecified atom stereocenters. The Morgan fingerprint density at radius 2 is 1.55 bits per heavy atom. The number of hydrogen-bond donors (Lipinski definition) is 2. The van der Waals surface area contributed by atoms with Crippen LogP contribution >= 0.6 is 15.9 Å². The first-order chi connectivity index (χ1) is 18.5. The Hall–Kier alpha value is -4.56. The van der Waals surface area contributed by atoms with Crippen molar-refractivity contribution in [2.24, 2.45) is 10.2 Å². The van der Waals surface area contributed by atoms with E-state index in [2.05, 4.69) is 37.0 Å². The van der Waals surface area contributed by atoms with Gasteiger partial charge in [0, 0.05) is 10.9 Å². The molecule has 7 nitrogen and oxygen atoms in total. The summed E-state index contributed by atoms with van der Waals surface area (Å²) in [6, 6.07) is 33.7. The lowest BCUT2D eigenvalue weighted by Gasteiger charge is -2.30. The fourth-order valence-corrected chi connectivity index (χ4v) is 4.60. The van der Waals surface area contributed by atoms with E-state index in [1.165, 1.54) is 6.21 Å². The molecule has 4 aromatic rings. The first-order valence-corrected chi connectivity index (χ1v) is 12.7. The lowest BCUT2D eigenvalue weighted by molar-refractivity contribution is -0.114. The zero-order valence-electron chi connectivity index (χ0n) is 20.2. The van der Waals surface area contributed by atoms with Gasteiger partial charge in [0.05, 0.1) is 11.8 Å². The van der Waals surface area contributed by atoms with E-state index in [0.29, 0.717) is 23.4 Å². The SMILES string of the molecule is O=C(N/N=C/c1ccc(OC(=O)c2cccc(Br)c2)cc1)C1=NNC(c2ccccc2)(c2ccccc2)C1. The van der Waals surface area contributed by atoms with E-state index in [4.69, 9.17) is 4.74 Å². The van der Waals surface area contributed by atoms with Crippen LogP contribution in [0, 0.1) is 0 Å². The maximum absolute atomic E-state index is 12.9. The van der Waals surface area contributed by atoms with Crippen LogP contribution in [-0.4, -0.2) is 23.8 Å². The summed E-state index contributed by atoms with van der Waals surface area (Å²) in [6.45, 7) is 0. The first-order valence-electron chi connectivity index (χ1n) is 11.9.